The molecule has 3 aromatic carbocycles. The Labute approximate surface area is 259 Å². The fraction of sp³-hybridized carbons (Fsp3) is 0.324. The van der Waals surface area contributed by atoms with E-state index in [9.17, 15) is 31.1 Å². The van der Waals surface area contributed by atoms with Gasteiger partial charge in [-0.3, -0.25) is 0 Å². The Morgan fingerprint density at radius 1 is 1.04 bits per heavy atom. The second-order valence-electron chi connectivity index (χ2n) is 11.8. The van der Waals surface area contributed by atoms with Crippen molar-refractivity contribution in [1.29, 1.82) is 0 Å². The fourth-order valence-electron chi connectivity index (χ4n) is 6.77. The lowest BCUT2D eigenvalue weighted by atomic mass is 9.80. The number of benzene rings is 3. The molecule has 0 amide bonds. The third-order valence-corrected chi connectivity index (χ3v) is 10.8. The minimum Gasteiger partial charge on any atom is -0.508 e. The van der Waals surface area contributed by atoms with E-state index >= 15 is 0 Å². The van der Waals surface area contributed by atoms with Crippen LogP contribution in [0.4, 0.5) is 17.6 Å². The number of allylic oxidation sites excluding steroid dienone is 1. The van der Waals surface area contributed by atoms with Crippen LogP contribution in [-0.2, 0) is 34.8 Å². The number of para-hydroxylation sites is 1. The molecule has 1 aromatic heterocycles. The van der Waals surface area contributed by atoms with Crippen molar-refractivity contribution in [3.63, 3.8) is 0 Å². The SMILES string of the molecule is C[C@@H]1C2=C(CC[C@@H]2CN(CCc2ccccc2O)S(=O)(=O)Cc2cccc(C(F)(F)F)c2)Cc2c1cnn2-c1ccc(F)cc1. The minimum atomic E-state index is -4.59. The maximum atomic E-state index is 13.9. The van der Waals surface area contributed by atoms with Crippen LogP contribution in [0.1, 0.15) is 53.6 Å². The van der Waals surface area contributed by atoms with Crippen LogP contribution in [0, 0.1) is 11.7 Å². The largest absolute Gasteiger partial charge is 0.508 e. The number of nitrogens with zero attached hydrogens (tertiary/aromatic N) is 3. The van der Waals surface area contributed by atoms with Gasteiger partial charge in [0.15, 0.2) is 0 Å². The molecule has 4 aromatic rings. The average molecular weight is 640 g/mol. The first-order valence-electron chi connectivity index (χ1n) is 14.9. The summed E-state index contributed by atoms with van der Waals surface area (Å²) < 4.78 is 84.7. The summed E-state index contributed by atoms with van der Waals surface area (Å²) in [6.07, 6.45) is -0.329. The number of rotatable bonds is 9. The summed E-state index contributed by atoms with van der Waals surface area (Å²) in [6, 6.07) is 17.3. The molecule has 0 spiro atoms. The van der Waals surface area contributed by atoms with Crippen molar-refractivity contribution in [1.82, 2.24) is 14.1 Å². The number of alkyl halides is 3. The van der Waals surface area contributed by atoms with Crippen molar-refractivity contribution in [3.05, 3.63) is 124 Å². The third-order valence-electron chi connectivity index (χ3n) is 8.97. The molecule has 1 heterocycles. The molecule has 0 bridgehead atoms. The molecule has 11 heteroatoms. The van der Waals surface area contributed by atoms with Gasteiger partial charge < -0.3 is 5.11 Å². The Kier molecular flexibility index (Phi) is 8.34. The zero-order valence-electron chi connectivity index (χ0n) is 24.6. The Hall–Kier alpha value is -3.96. The number of hydrogen-bond donors (Lipinski definition) is 1. The number of aromatic nitrogens is 2. The molecule has 45 heavy (non-hydrogen) atoms. The molecule has 0 unspecified atom stereocenters. The molecule has 0 saturated carbocycles. The summed E-state index contributed by atoms with van der Waals surface area (Å²) in [7, 11) is -4.04. The molecule has 236 valence electrons. The normalized spacial score (nSPS) is 18.4. The molecule has 0 aliphatic heterocycles. The first-order chi connectivity index (χ1) is 21.4. The van der Waals surface area contributed by atoms with Gasteiger partial charge in [0.05, 0.1) is 28.9 Å². The highest BCUT2D eigenvalue weighted by molar-refractivity contribution is 7.88. The topological polar surface area (TPSA) is 75.4 Å². The number of aromatic hydroxyl groups is 1. The summed E-state index contributed by atoms with van der Waals surface area (Å²) >= 11 is 0. The molecular weight excluding hydrogens is 606 g/mol. The smallest absolute Gasteiger partial charge is 0.416 e. The number of fused-ring (bicyclic) bond motifs is 1. The second-order valence-corrected chi connectivity index (χ2v) is 13.8. The minimum absolute atomic E-state index is 0.0170. The van der Waals surface area contributed by atoms with Crippen molar-refractivity contribution < 1.29 is 31.1 Å². The first-order valence-corrected chi connectivity index (χ1v) is 16.5. The van der Waals surface area contributed by atoms with E-state index < -0.39 is 27.5 Å². The lowest BCUT2D eigenvalue weighted by Crippen LogP contribution is -2.38. The van der Waals surface area contributed by atoms with E-state index in [0.717, 1.165) is 41.9 Å². The van der Waals surface area contributed by atoms with Gasteiger partial charge in [-0.15, -0.1) is 0 Å². The number of hydrogen-bond acceptors (Lipinski definition) is 4. The molecule has 0 radical (unpaired) electrons. The first kappa shape index (κ1) is 31.0. The second kappa shape index (κ2) is 12.1. The van der Waals surface area contributed by atoms with Crippen molar-refractivity contribution in [2.75, 3.05) is 13.1 Å². The Morgan fingerprint density at radius 3 is 2.53 bits per heavy atom. The van der Waals surface area contributed by atoms with Crippen LogP contribution in [0.5, 0.6) is 5.75 Å². The van der Waals surface area contributed by atoms with Crippen LogP contribution in [0.15, 0.2) is 90.1 Å². The highest BCUT2D eigenvalue weighted by Gasteiger charge is 2.39. The van der Waals surface area contributed by atoms with Gasteiger partial charge in [0.2, 0.25) is 10.0 Å². The van der Waals surface area contributed by atoms with Crippen LogP contribution in [-0.4, -0.2) is 40.7 Å². The van der Waals surface area contributed by atoms with E-state index in [-0.39, 0.29) is 48.5 Å². The zero-order chi connectivity index (χ0) is 31.9. The standard InChI is InChI=1S/C34H33F4N3O3S/c1-22-30-19-39-41(29-13-11-28(35)12-14-29)31(30)18-25-9-10-26(33(22)25)20-40(16-15-24-6-2-3-8-32(24)42)45(43,44)21-23-5-4-7-27(17-23)34(36,37)38/h2-8,11-14,17,19,22,26,42H,9-10,15-16,18,20-21H2,1H3/t22-,26+/m0/s1. The lowest BCUT2D eigenvalue weighted by Gasteiger charge is -2.31. The van der Waals surface area contributed by atoms with Crippen molar-refractivity contribution in [2.45, 2.75) is 50.5 Å². The van der Waals surface area contributed by atoms with E-state index in [0.29, 0.717) is 12.0 Å². The van der Waals surface area contributed by atoms with E-state index in [4.69, 9.17) is 0 Å². The Morgan fingerprint density at radius 2 is 1.80 bits per heavy atom. The summed E-state index contributed by atoms with van der Waals surface area (Å²) in [6.45, 7) is 2.34. The van der Waals surface area contributed by atoms with Gasteiger partial charge >= 0.3 is 6.18 Å². The highest BCUT2D eigenvalue weighted by atomic mass is 32.2. The summed E-state index contributed by atoms with van der Waals surface area (Å²) in [5.41, 5.74) is 5.01. The van der Waals surface area contributed by atoms with Gasteiger partial charge in [-0.2, -0.15) is 18.3 Å². The van der Waals surface area contributed by atoms with Crippen molar-refractivity contribution >= 4 is 10.0 Å². The van der Waals surface area contributed by atoms with Crippen LogP contribution < -0.4 is 0 Å². The maximum Gasteiger partial charge on any atom is 0.416 e. The molecule has 2 aliphatic rings. The van der Waals surface area contributed by atoms with E-state index in [1.54, 1.807) is 30.3 Å². The van der Waals surface area contributed by atoms with Crippen molar-refractivity contribution in [2.24, 2.45) is 5.92 Å². The summed E-state index contributed by atoms with van der Waals surface area (Å²) in [5, 5.41) is 14.9. The average Bonchev–Trinajstić information content (AvgIpc) is 3.61. The monoisotopic (exact) mass is 639 g/mol. The molecule has 2 aliphatic carbocycles. The van der Waals surface area contributed by atoms with Gasteiger partial charge in [0.1, 0.15) is 11.6 Å². The van der Waals surface area contributed by atoms with E-state index in [1.165, 1.54) is 45.8 Å². The maximum absolute atomic E-state index is 13.9. The van der Waals surface area contributed by atoms with Crippen LogP contribution in [0.3, 0.4) is 0 Å². The predicted molar refractivity (Wildman–Crippen MR) is 163 cm³/mol. The summed E-state index contributed by atoms with van der Waals surface area (Å²) in [5.74, 6) is -0.938. The third kappa shape index (κ3) is 6.41. The molecule has 0 fully saturated rings. The van der Waals surface area contributed by atoms with Crippen LogP contribution in [0.25, 0.3) is 5.69 Å². The Balaban J connectivity index is 1.28. The Bertz CT molecular complexity index is 1850. The number of phenolic OH excluding ortho intramolecular Hbond substituents is 1. The van der Waals surface area contributed by atoms with Gasteiger partial charge in [-0.1, -0.05) is 54.5 Å². The summed E-state index contributed by atoms with van der Waals surface area (Å²) in [4.78, 5) is 0. The fourth-order valence-corrected chi connectivity index (χ4v) is 8.33. The molecular formula is C34H33F4N3O3S. The zero-order valence-corrected chi connectivity index (χ0v) is 25.5. The van der Waals surface area contributed by atoms with Gasteiger partial charge in [-0.05, 0) is 72.7 Å². The molecule has 0 saturated heterocycles. The quantitative estimate of drug-likeness (QED) is 0.156. The van der Waals surface area contributed by atoms with Gasteiger partial charge in [0.25, 0.3) is 0 Å². The van der Waals surface area contributed by atoms with Crippen LogP contribution >= 0.6 is 0 Å². The highest BCUT2D eigenvalue weighted by Crippen LogP contribution is 2.47. The van der Waals surface area contributed by atoms with E-state index in [1.807, 2.05) is 10.9 Å². The molecule has 6 rings (SSSR count). The van der Waals surface area contributed by atoms with Gasteiger partial charge in [-0.25, -0.2) is 21.8 Å². The molecule has 2 atom stereocenters. The molecule has 1 N–H and O–H groups in total. The number of halogens is 4. The number of sulfonamides is 1. The predicted octanol–water partition coefficient (Wildman–Crippen LogP) is 7.18. The van der Waals surface area contributed by atoms with Gasteiger partial charge in [0, 0.05) is 31.0 Å². The molecule has 6 nitrogen and oxygen atoms in total. The van der Waals surface area contributed by atoms with Crippen molar-refractivity contribution in [3.8, 4) is 11.4 Å². The lowest BCUT2D eigenvalue weighted by molar-refractivity contribution is -0.137. The van der Waals surface area contributed by atoms with Crippen LogP contribution in [0.2, 0.25) is 0 Å². The van der Waals surface area contributed by atoms with E-state index in [2.05, 4.69) is 12.0 Å². The number of phenols is 1.